The van der Waals surface area contributed by atoms with Crippen LogP contribution >= 0.6 is 0 Å². The van der Waals surface area contributed by atoms with Gasteiger partial charge in [-0.1, -0.05) is 25.7 Å². The predicted octanol–water partition coefficient (Wildman–Crippen LogP) is 3.44. The third-order valence-electron chi connectivity index (χ3n) is 4.90. The number of nitrogens with zero attached hydrogens (tertiary/aromatic N) is 1. The molecule has 112 valence electrons. The van der Waals surface area contributed by atoms with Crippen LogP contribution in [0, 0.1) is 16.0 Å². The van der Waals surface area contributed by atoms with Gasteiger partial charge in [0.25, 0.3) is 5.69 Å². The standard InChI is InChI=1S/C16H19NO4/c18-16(19)13-6-5-11-8-12(7-10-3-1-2-4-10)15(17(20)21)9-14(11)13/h8-10,13H,1-7H2,(H,18,19). The molecule has 5 heteroatoms. The van der Waals surface area contributed by atoms with Crippen molar-refractivity contribution in [3.63, 3.8) is 0 Å². The van der Waals surface area contributed by atoms with Crippen molar-refractivity contribution in [2.24, 2.45) is 5.92 Å². The van der Waals surface area contributed by atoms with Gasteiger partial charge in [0.05, 0.1) is 10.8 Å². The fourth-order valence-electron chi connectivity index (χ4n) is 3.81. The number of aliphatic carboxylic acids is 1. The van der Waals surface area contributed by atoms with Crippen LogP contribution in [0.15, 0.2) is 12.1 Å². The number of rotatable bonds is 4. The number of benzene rings is 1. The highest BCUT2D eigenvalue weighted by Gasteiger charge is 2.32. The fourth-order valence-corrected chi connectivity index (χ4v) is 3.81. The number of fused-ring (bicyclic) bond motifs is 1. The summed E-state index contributed by atoms with van der Waals surface area (Å²) in [6.07, 6.45) is 6.73. The molecule has 0 spiro atoms. The Hall–Kier alpha value is -1.91. The SMILES string of the molecule is O=C(O)C1CCc2cc(CC3CCCC3)c([N+](=O)[O-])cc21. The summed E-state index contributed by atoms with van der Waals surface area (Å²) < 4.78 is 0. The van der Waals surface area contributed by atoms with Crippen molar-refractivity contribution in [2.75, 3.05) is 0 Å². The lowest BCUT2D eigenvalue weighted by molar-refractivity contribution is -0.385. The van der Waals surface area contributed by atoms with Crippen LogP contribution in [0.4, 0.5) is 5.69 Å². The highest BCUT2D eigenvalue weighted by atomic mass is 16.6. The Balaban J connectivity index is 1.96. The van der Waals surface area contributed by atoms with Crippen LogP contribution in [-0.2, 0) is 17.6 Å². The predicted molar refractivity (Wildman–Crippen MR) is 77.5 cm³/mol. The third-order valence-corrected chi connectivity index (χ3v) is 4.90. The zero-order valence-electron chi connectivity index (χ0n) is 11.9. The summed E-state index contributed by atoms with van der Waals surface area (Å²) in [6, 6.07) is 3.42. The van der Waals surface area contributed by atoms with Crippen LogP contribution in [0.25, 0.3) is 0 Å². The van der Waals surface area contributed by atoms with Gasteiger partial charge in [0, 0.05) is 11.6 Å². The minimum atomic E-state index is -0.883. The summed E-state index contributed by atoms with van der Waals surface area (Å²) in [7, 11) is 0. The van der Waals surface area contributed by atoms with Crippen molar-refractivity contribution in [1.29, 1.82) is 0 Å². The van der Waals surface area contributed by atoms with Gasteiger partial charge >= 0.3 is 5.97 Å². The summed E-state index contributed by atoms with van der Waals surface area (Å²) in [5.74, 6) is -0.927. The van der Waals surface area contributed by atoms with Gasteiger partial charge in [-0.3, -0.25) is 14.9 Å². The van der Waals surface area contributed by atoms with E-state index in [1.165, 1.54) is 18.9 Å². The Morgan fingerprint density at radius 2 is 2.00 bits per heavy atom. The molecule has 1 aromatic rings. The molecule has 5 nitrogen and oxygen atoms in total. The molecule has 0 aromatic heterocycles. The lowest BCUT2D eigenvalue weighted by atomic mass is 9.92. The molecule has 3 rings (SSSR count). The molecule has 1 saturated carbocycles. The van der Waals surface area contributed by atoms with E-state index < -0.39 is 11.9 Å². The Morgan fingerprint density at radius 3 is 2.62 bits per heavy atom. The first kappa shape index (κ1) is 14.0. The second-order valence-electron chi connectivity index (χ2n) is 6.22. The molecule has 1 fully saturated rings. The molecule has 1 aromatic carbocycles. The van der Waals surface area contributed by atoms with E-state index >= 15 is 0 Å². The summed E-state index contributed by atoms with van der Waals surface area (Å²) in [6.45, 7) is 0. The maximum Gasteiger partial charge on any atom is 0.310 e. The number of carboxylic acids is 1. The van der Waals surface area contributed by atoms with Gasteiger partial charge in [-0.25, -0.2) is 0 Å². The highest BCUT2D eigenvalue weighted by molar-refractivity contribution is 5.78. The molecule has 1 N–H and O–H groups in total. The highest BCUT2D eigenvalue weighted by Crippen LogP contribution is 2.39. The Kier molecular flexibility index (Phi) is 3.66. The molecule has 0 aliphatic heterocycles. The van der Waals surface area contributed by atoms with Crippen molar-refractivity contribution < 1.29 is 14.8 Å². The minimum absolute atomic E-state index is 0.105. The van der Waals surface area contributed by atoms with Gasteiger partial charge in [0.2, 0.25) is 0 Å². The van der Waals surface area contributed by atoms with Crippen molar-refractivity contribution in [1.82, 2.24) is 0 Å². The van der Waals surface area contributed by atoms with E-state index in [0.717, 1.165) is 30.4 Å². The van der Waals surface area contributed by atoms with E-state index in [0.29, 0.717) is 24.3 Å². The van der Waals surface area contributed by atoms with E-state index in [4.69, 9.17) is 0 Å². The number of carbonyl (C=O) groups is 1. The largest absolute Gasteiger partial charge is 0.481 e. The first-order valence-corrected chi connectivity index (χ1v) is 7.59. The lowest BCUT2D eigenvalue weighted by Gasteiger charge is -2.12. The van der Waals surface area contributed by atoms with Gasteiger partial charge in [-0.2, -0.15) is 0 Å². The molecule has 21 heavy (non-hydrogen) atoms. The molecule has 0 radical (unpaired) electrons. The Bertz CT molecular complexity index is 590. The molecule has 0 heterocycles. The van der Waals surface area contributed by atoms with Crippen LogP contribution in [0.3, 0.4) is 0 Å². The normalized spacial score (nSPS) is 21.4. The van der Waals surface area contributed by atoms with Crippen molar-refractivity contribution in [3.05, 3.63) is 38.9 Å². The quantitative estimate of drug-likeness (QED) is 0.680. The monoisotopic (exact) mass is 289 g/mol. The van der Waals surface area contributed by atoms with Crippen molar-refractivity contribution >= 4 is 11.7 Å². The van der Waals surface area contributed by atoms with E-state index in [-0.39, 0.29) is 10.6 Å². The summed E-state index contributed by atoms with van der Waals surface area (Å²) in [5, 5.41) is 20.5. The first-order chi connectivity index (χ1) is 10.1. The maximum absolute atomic E-state index is 11.3. The molecule has 1 unspecified atom stereocenters. The Labute approximate surface area is 123 Å². The number of hydrogen-bond donors (Lipinski definition) is 1. The average molecular weight is 289 g/mol. The first-order valence-electron chi connectivity index (χ1n) is 7.59. The molecular formula is C16H19NO4. The van der Waals surface area contributed by atoms with E-state index in [1.807, 2.05) is 6.07 Å². The molecule has 1 atom stereocenters. The number of nitro groups is 1. The van der Waals surface area contributed by atoms with Gasteiger partial charge in [-0.05, 0) is 42.4 Å². The number of hydrogen-bond acceptors (Lipinski definition) is 3. The van der Waals surface area contributed by atoms with Gasteiger partial charge in [-0.15, -0.1) is 0 Å². The maximum atomic E-state index is 11.3. The van der Waals surface area contributed by atoms with Crippen LogP contribution in [0.2, 0.25) is 0 Å². The lowest BCUT2D eigenvalue weighted by Crippen LogP contribution is -2.09. The molecule has 2 aliphatic carbocycles. The van der Waals surface area contributed by atoms with Crippen molar-refractivity contribution in [2.45, 2.75) is 50.9 Å². The zero-order valence-corrected chi connectivity index (χ0v) is 11.9. The van der Waals surface area contributed by atoms with Crippen LogP contribution < -0.4 is 0 Å². The topological polar surface area (TPSA) is 80.4 Å². The fraction of sp³-hybridized carbons (Fsp3) is 0.562. The van der Waals surface area contributed by atoms with Crippen LogP contribution in [0.5, 0.6) is 0 Å². The molecule has 0 bridgehead atoms. The number of carboxylic acid groups (broad SMARTS) is 1. The minimum Gasteiger partial charge on any atom is -0.481 e. The second kappa shape index (κ2) is 5.47. The van der Waals surface area contributed by atoms with Crippen LogP contribution in [-0.4, -0.2) is 16.0 Å². The molecule has 0 amide bonds. The van der Waals surface area contributed by atoms with Crippen molar-refractivity contribution in [3.8, 4) is 0 Å². The summed E-state index contributed by atoms with van der Waals surface area (Å²) >= 11 is 0. The van der Waals surface area contributed by atoms with E-state index in [9.17, 15) is 20.0 Å². The van der Waals surface area contributed by atoms with Crippen LogP contribution in [0.1, 0.15) is 54.7 Å². The molecular weight excluding hydrogens is 270 g/mol. The summed E-state index contributed by atoms with van der Waals surface area (Å²) in [5.41, 5.74) is 2.52. The second-order valence-corrected chi connectivity index (χ2v) is 6.22. The number of aryl methyl sites for hydroxylation is 1. The van der Waals surface area contributed by atoms with Gasteiger partial charge < -0.3 is 5.11 Å². The van der Waals surface area contributed by atoms with E-state index in [1.54, 1.807) is 0 Å². The Morgan fingerprint density at radius 1 is 1.29 bits per heavy atom. The third kappa shape index (κ3) is 2.64. The summed E-state index contributed by atoms with van der Waals surface area (Å²) in [4.78, 5) is 22.2. The number of nitro benzene ring substituents is 1. The average Bonchev–Trinajstić information content (AvgIpc) is 3.06. The van der Waals surface area contributed by atoms with E-state index in [2.05, 4.69) is 0 Å². The molecule has 0 saturated heterocycles. The van der Waals surface area contributed by atoms with Gasteiger partial charge in [0.1, 0.15) is 0 Å². The molecule has 2 aliphatic rings. The smallest absolute Gasteiger partial charge is 0.310 e. The van der Waals surface area contributed by atoms with Gasteiger partial charge in [0.15, 0.2) is 0 Å². The zero-order chi connectivity index (χ0) is 15.0.